The number of hydrogen-bond donors (Lipinski definition) is 2. The Bertz CT molecular complexity index is 844. The van der Waals surface area contributed by atoms with E-state index in [1.165, 1.54) is 5.56 Å². The van der Waals surface area contributed by atoms with E-state index in [0.717, 1.165) is 17.7 Å². The molecular formula is C22H25N3O2. The monoisotopic (exact) mass is 363 g/mol. The van der Waals surface area contributed by atoms with Gasteiger partial charge in [-0.15, -0.1) is 0 Å². The summed E-state index contributed by atoms with van der Waals surface area (Å²) in [5.41, 5.74) is 3.19. The van der Waals surface area contributed by atoms with E-state index in [1.807, 2.05) is 50.2 Å². The van der Waals surface area contributed by atoms with Gasteiger partial charge in [0, 0.05) is 12.1 Å². The summed E-state index contributed by atoms with van der Waals surface area (Å²) in [6.45, 7) is 4.24. The molecule has 0 saturated carbocycles. The molecule has 0 spiro atoms. The highest BCUT2D eigenvalue weighted by molar-refractivity contribution is 5.91. The van der Waals surface area contributed by atoms with Gasteiger partial charge in [0.1, 0.15) is 0 Å². The van der Waals surface area contributed by atoms with Gasteiger partial charge in [-0.05, 0) is 23.5 Å². The van der Waals surface area contributed by atoms with Crippen molar-refractivity contribution < 1.29 is 9.32 Å². The number of aromatic nitrogens is 1. The van der Waals surface area contributed by atoms with Crippen molar-refractivity contribution in [3.05, 3.63) is 83.6 Å². The SMILES string of the molecule is CC(C)c1cc(NC(=O)CNC(Cc2ccccc2)c2ccccc2)on1. The number of anilines is 1. The fourth-order valence-corrected chi connectivity index (χ4v) is 2.86. The Morgan fingerprint density at radius 3 is 2.33 bits per heavy atom. The van der Waals surface area contributed by atoms with Crippen molar-refractivity contribution in [2.24, 2.45) is 0 Å². The van der Waals surface area contributed by atoms with Gasteiger partial charge < -0.3 is 9.84 Å². The van der Waals surface area contributed by atoms with Crippen LogP contribution in [0.2, 0.25) is 0 Å². The lowest BCUT2D eigenvalue weighted by Gasteiger charge is -2.19. The molecule has 3 rings (SSSR count). The summed E-state index contributed by atoms with van der Waals surface area (Å²) < 4.78 is 5.17. The molecule has 0 saturated heterocycles. The second kappa shape index (κ2) is 9.14. The number of amides is 1. The third kappa shape index (κ3) is 5.53. The number of nitrogens with one attached hydrogen (secondary N) is 2. The topological polar surface area (TPSA) is 67.2 Å². The molecule has 140 valence electrons. The minimum Gasteiger partial charge on any atom is -0.338 e. The Morgan fingerprint density at radius 1 is 1.04 bits per heavy atom. The highest BCUT2D eigenvalue weighted by Gasteiger charge is 2.15. The number of hydrogen-bond acceptors (Lipinski definition) is 4. The van der Waals surface area contributed by atoms with Crippen molar-refractivity contribution in [2.45, 2.75) is 32.2 Å². The second-order valence-electron chi connectivity index (χ2n) is 6.85. The smallest absolute Gasteiger partial charge is 0.240 e. The van der Waals surface area contributed by atoms with Crippen LogP contribution < -0.4 is 10.6 Å². The molecule has 3 aromatic rings. The summed E-state index contributed by atoms with van der Waals surface area (Å²) in [6.07, 6.45) is 0.804. The summed E-state index contributed by atoms with van der Waals surface area (Å²) in [5, 5.41) is 10.1. The molecule has 0 fully saturated rings. The predicted molar refractivity (Wildman–Crippen MR) is 107 cm³/mol. The molecule has 0 aliphatic carbocycles. The fourth-order valence-electron chi connectivity index (χ4n) is 2.86. The minimum absolute atomic E-state index is 0.0419. The number of rotatable bonds is 8. The minimum atomic E-state index is -0.157. The quantitative estimate of drug-likeness (QED) is 0.626. The molecule has 2 aromatic carbocycles. The van der Waals surface area contributed by atoms with Crippen molar-refractivity contribution >= 4 is 11.8 Å². The van der Waals surface area contributed by atoms with Crippen LogP contribution in [-0.2, 0) is 11.2 Å². The Balaban J connectivity index is 1.62. The molecule has 1 amide bonds. The first-order chi connectivity index (χ1) is 13.1. The number of benzene rings is 2. The van der Waals surface area contributed by atoms with Crippen LogP contribution in [0.4, 0.5) is 5.88 Å². The summed E-state index contributed by atoms with van der Waals surface area (Å²) in [6, 6.07) is 22.2. The van der Waals surface area contributed by atoms with Gasteiger partial charge in [-0.3, -0.25) is 10.1 Å². The molecule has 1 atom stereocenters. The number of carbonyl (C=O) groups is 1. The molecule has 0 bridgehead atoms. The summed E-state index contributed by atoms with van der Waals surface area (Å²) in [4.78, 5) is 12.3. The molecule has 0 aliphatic rings. The largest absolute Gasteiger partial charge is 0.338 e. The Morgan fingerprint density at radius 2 is 1.70 bits per heavy atom. The highest BCUT2D eigenvalue weighted by atomic mass is 16.5. The second-order valence-corrected chi connectivity index (χ2v) is 6.85. The molecule has 0 aliphatic heterocycles. The first-order valence-corrected chi connectivity index (χ1v) is 9.20. The lowest BCUT2D eigenvalue weighted by atomic mass is 9.99. The van der Waals surface area contributed by atoms with E-state index in [4.69, 9.17) is 4.52 Å². The molecule has 5 nitrogen and oxygen atoms in total. The first-order valence-electron chi connectivity index (χ1n) is 9.20. The van der Waals surface area contributed by atoms with Crippen molar-refractivity contribution in [1.82, 2.24) is 10.5 Å². The van der Waals surface area contributed by atoms with E-state index >= 15 is 0 Å². The molecule has 1 aromatic heterocycles. The van der Waals surface area contributed by atoms with Crippen LogP contribution in [0.1, 0.15) is 42.6 Å². The van der Waals surface area contributed by atoms with Crippen molar-refractivity contribution in [3.63, 3.8) is 0 Å². The van der Waals surface area contributed by atoms with Gasteiger partial charge in [-0.25, -0.2) is 0 Å². The normalized spacial score (nSPS) is 12.1. The summed E-state index contributed by atoms with van der Waals surface area (Å²) >= 11 is 0. The van der Waals surface area contributed by atoms with E-state index in [9.17, 15) is 4.79 Å². The zero-order chi connectivity index (χ0) is 19.1. The van der Waals surface area contributed by atoms with Gasteiger partial charge in [0.2, 0.25) is 11.8 Å². The van der Waals surface area contributed by atoms with Crippen molar-refractivity contribution in [3.8, 4) is 0 Å². The van der Waals surface area contributed by atoms with Crippen LogP contribution >= 0.6 is 0 Å². The highest BCUT2D eigenvalue weighted by Crippen LogP contribution is 2.19. The van der Waals surface area contributed by atoms with Gasteiger partial charge in [-0.2, -0.15) is 0 Å². The molecule has 5 heteroatoms. The molecule has 1 unspecified atom stereocenters. The lowest BCUT2D eigenvalue weighted by molar-refractivity contribution is -0.115. The molecular weight excluding hydrogens is 338 g/mol. The third-order valence-corrected chi connectivity index (χ3v) is 4.38. The Hall–Kier alpha value is -2.92. The number of nitrogens with zero attached hydrogens (tertiary/aromatic N) is 1. The van der Waals surface area contributed by atoms with Gasteiger partial charge in [-0.1, -0.05) is 79.7 Å². The van der Waals surface area contributed by atoms with Crippen LogP contribution in [-0.4, -0.2) is 17.6 Å². The van der Waals surface area contributed by atoms with Gasteiger partial charge >= 0.3 is 0 Å². The first kappa shape index (κ1) is 18.9. The van der Waals surface area contributed by atoms with Crippen LogP contribution in [0.3, 0.4) is 0 Å². The van der Waals surface area contributed by atoms with Gasteiger partial charge in [0.15, 0.2) is 0 Å². The van der Waals surface area contributed by atoms with E-state index < -0.39 is 0 Å². The van der Waals surface area contributed by atoms with Gasteiger partial charge in [0.25, 0.3) is 0 Å². The van der Waals surface area contributed by atoms with Crippen LogP contribution in [0.15, 0.2) is 71.3 Å². The van der Waals surface area contributed by atoms with E-state index in [1.54, 1.807) is 6.07 Å². The van der Waals surface area contributed by atoms with Crippen LogP contribution in [0, 0.1) is 0 Å². The predicted octanol–water partition coefficient (Wildman–Crippen LogP) is 4.31. The van der Waals surface area contributed by atoms with Crippen LogP contribution in [0.25, 0.3) is 0 Å². The Labute approximate surface area is 159 Å². The molecule has 1 heterocycles. The lowest BCUT2D eigenvalue weighted by Crippen LogP contribution is -2.32. The van der Waals surface area contributed by atoms with Crippen molar-refractivity contribution in [1.29, 1.82) is 0 Å². The van der Waals surface area contributed by atoms with E-state index in [2.05, 4.69) is 40.1 Å². The maximum Gasteiger partial charge on any atom is 0.240 e. The summed E-state index contributed by atoms with van der Waals surface area (Å²) in [7, 11) is 0. The molecule has 27 heavy (non-hydrogen) atoms. The average Bonchev–Trinajstić information content (AvgIpc) is 3.15. The van der Waals surface area contributed by atoms with Gasteiger partial charge in [0.05, 0.1) is 12.2 Å². The maximum atomic E-state index is 12.3. The van der Waals surface area contributed by atoms with E-state index in [0.29, 0.717) is 5.88 Å². The Kier molecular flexibility index (Phi) is 6.39. The third-order valence-electron chi connectivity index (χ3n) is 4.38. The molecule has 2 N–H and O–H groups in total. The van der Waals surface area contributed by atoms with Crippen LogP contribution in [0.5, 0.6) is 0 Å². The summed E-state index contributed by atoms with van der Waals surface area (Å²) in [5.74, 6) is 0.478. The van der Waals surface area contributed by atoms with Crippen molar-refractivity contribution in [2.75, 3.05) is 11.9 Å². The standard InChI is InChI=1S/C22H25N3O2/c1-16(2)19-14-22(27-25-19)24-21(26)15-23-20(18-11-7-4-8-12-18)13-17-9-5-3-6-10-17/h3-12,14,16,20,23H,13,15H2,1-2H3,(H,24,26). The zero-order valence-electron chi connectivity index (χ0n) is 15.7. The average molecular weight is 363 g/mol. The molecule has 0 radical (unpaired) electrons. The van der Waals surface area contributed by atoms with E-state index in [-0.39, 0.29) is 24.4 Å². The zero-order valence-corrected chi connectivity index (χ0v) is 15.7. The fraction of sp³-hybridized carbons (Fsp3) is 0.273. The number of carbonyl (C=O) groups excluding carboxylic acids is 1. The maximum absolute atomic E-state index is 12.3.